The van der Waals surface area contributed by atoms with Crippen LogP contribution in [0.5, 0.6) is 11.5 Å². The van der Waals surface area contributed by atoms with Crippen LogP contribution in [0, 0.1) is 5.92 Å². The molecule has 0 spiro atoms. The van der Waals surface area contributed by atoms with E-state index in [4.69, 9.17) is 9.84 Å². The molecular weight excluding hydrogens is 420 g/mol. The zero-order chi connectivity index (χ0) is 24.6. The lowest BCUT2D eigenvalue weighted by atomic mass is 9.78. The van der Waals surface area contributed by atoms with E-state index in [-0.39, 0.29) is 40.6 Å². The van der Waals surface area contributed by atoms with E-state index in [2.05, 4.69) is 13.8 Å². The van der Waals surface area contributed by atoms with E-state index in [1.807, 2.05) is 38.1 Å². The fourth-order valence-corrected chi connectivity index (χ4v) is 3.09. The second kappa shape index (κ2) is 11.2. The number of phenolic OH excluding ortho intramolecular Hbond substituents is 2. The molecule has 0 unspecified atom stereocenters. The maximum absolute atomic E-state index is 11.6. The summed E-state index contributed by atoms with van der Waals surface area (Å²) in [4.78, 5) is 22.4. The largest absolute Gasteiger partial charge is 0.508 e. The molecule has 33 heavy (non-hydrogen) atoms. The van der Waals surface area contributed by atoms with Gasteiger partial charge in [0.2, 0.25) is 0 Å². The number of aromatic carboxylic acids is 1. The van der Waals surface area contributed by atoms with E-state index < -0.39 is 11.9 Å². The molecule has 3 aromatic carbocycles. The predicted molar refractivity (Wildman–Crippen MR) is 127 cm³/mol. The molecule has 3 rings (SSSR count). The van der Waals surface area contributed by atoms with Gasteiger partial charge in [0, 0.05) is 5.41 Å². The molecule has 174 valence electrons. The SMILES string of the molecule is CC(C)(c1ccc(O)cc1)c1ccc(O)cc1.CC(C)COC(=O)c1ccccc1C(=O)O. The highest BCUT2D eigenvalue weighted by Gasteiger charge is 2.22. The van der Waals surface area contributed by atoms with Crippen molar-refractivity contribution in [2.45, 2.75) is 33.1 Å². The molecule has 6 nitrogen and oxygen atoms in total. The number of hydrogen-bond acceptors (Lipinski definition) is 5. The minimum Gasteiger partial charge on any atom is -0.508 e. The molecule has 0 saturated carbocycles. The maximum Gasteiger partial charge on any atom is 0.339 e. The molecule has 0 amide bonds. The monoisotopic (exact) mass is 450 g/mol. The van der Waals surface area contributed by atoms with E-state index >= 15 is 0 Å². The number of benzene rings is 3. The van der Waals surface area contributed by atoms with E-state index in [0.717, 1.165) is 11.1 Å². The topological polar surface area (TPSA) is 104 Å². The first kappa shape index (κ1) is 25.5. The normalized spacial score (nSPS) is 10.8. The fourth-order valence-electron chi connectivity index (χ4n) is 3.09. The van der Waals surface area contributed by atoms with E-state index in [0.29, 0.717) is 0 Å². The van der Waals surface area contributed by atoms with Gasteiger partial charge in [-0.2, -0.15) is 0 Å². The number of hydrogen-bond donors (Lipinski definition) is 3. The van der Waals surface area contributed by atoms with Crippen molar-refractivity contribution in [3.63, 3.8) is 0 Å². The van der Waals surface area contributed by atoms with Gasteiger partial charge in [-0.25, -0.2) is 9.59 Å². The Balaban J connectivity index is 0.000000234. The summed E-state index contributed by atoms with van der Waals surface area (Å²) >= 11 is 0. The molecular formula is C27H30O6. The van der Waals surface area contributed by atoms with Crippen LogP contribution < -0.4 is 0 Å². The van der Waals surface area contributed by atoms with Gasteiger partial charge in [0.05, 0.1) is 17.7 Å². The minimum atomic E-state index is -1.13. The van der Waals surface area contributed by atoms with Crippen LogP contribution in [-0.4, -0.2) is 33.9 Å². The molecule has 0 saturated heterocycles. The number of aromatic hydroxyl groups is 2. The zero-order valence-corrected chi connectivity index (χ0v) is 19.3. The van der Waals surface area contributed by atoms with E-state index in [1.165, 1.54) is 12.1 Å². The van der Waals surface area contributed by atoms with E-state index in [1.54, 1.807) is 36.4 Å². The molecule has 3 aromatic rings. The Hall–Kier alpha value is -3.80. The summed E-state index contributed by atoms with van der Waals surface area (Å²) in [5, 5.41) is 27.5. The quantitative estimate of drug-likeness (QED) is 0.421. The van der Waals surface area contributed by atoms with Gasteiger partial charge in [0.25, 0.3) is 0 Å². The molecule has 0 heterocycles. The standard InChI is InChI=1S/C15H16O2.C12H14O4/c1-15(2,11-3-7-13(16)8-4-11)12-5-9-14(17)10-6-12;1-8(2)7-16-12(15)10-6-4-3-5-9(10)11(13)14/h3-10,16-17H,1-2H3;3-6,8H,7H2,1-2H3,(H,13,14). The minimum absolute atomic E-state index is 0.0312. The zero-order valence-electron chi connectivity index (χ0n) is 19.3. The van der Waals surface area contributed by atoms with Gasteiger partial charge < -0.3 is 20.1 Å². The number of carbonyl (C=O) groups excluding carboxylic acids is 1. The Morgan fingerprint density at radius 3 is 1.61 bits per heavy atom. The van der Waals surface area contributed by atoms with Crippen LogP contribution in [0.3, 0.4) is 0 Å². The van der Waals surface area contributed by atoms with Crippen molar-refractivity contribution in [1.82, 2.24) is 0 Å². The van der Waals surface area contributed by atoms with Crippen LogP contribution >= 0.6 is 0 Å². The van der Waals surface area contributed by atoms with Gasteiger partial charge >= 0.3 is 11.9 Å². The molecule has 0 fully saturated rings. The highest BCUT2D eigenvalue weighted by molar-refractivity contribution is 6.02. The highest BCUT2D eigenvalue weighted by Crippen LogP contribution is 2.32. The molecule has 0 aliphatic rings. The van der Waals surface area contributed by atoms with Crippen LogP contribution in [0.25, 0.3) is 0 Å². The lowest BCUT2D eigenvalue weighted by molar-refractivity contribution is 0.0450. The third-order valence-corrected chi connectivity index (χ3v) is 5.10. The third-order valence-electron chi connectivity index (χ3n) is 5.10. The smallest absolute Gasteiger partial charge is 0.339 e. The fraction of sp³-hybridized carbons (Fsp3) is 0.259. The van der Waals surface area contributed by atoms with Crippen LogP contribution in [0.2, 0.25) is 0 Å². The number of phenols is 2. The Morgan fingerprint density at radius 2 is 1.21 bits per heavy atom. The third kappa shape index (κ3) is 7.10. The maximum atomic E-state index is 11.6. The van der Waals surface area contributed by atoms with Crippen molar-refractivity contribution in [2.75, 3.05) is 6.61 Å². The summed E-state index contributed by atoms with van der Waals surface area (Å²) in [5.74, 6) is -0.949. The van der Waals surface area contributed by atoms with Crippen LogP contribution in [-0.2, 0) is 10.2 Å². The van der Waals surface area contributed by atoms with Crippen molar-refractivity contribution in [2.24, 2.45) is 5.92 Å². The number of carboxylic acid groups (broad SMARTS) is 1. The summed E-state index contributed by atoms with van der Waals surface area (Å²) < 4.78 is 4.98. The summed E-state index contributed by atoms with van der Waals surface area (Å²) in [7, 11) is 0. The molecule has 0 aliphatic heterocycles. The number of rotatable bonds is 6. The van der Waals surface area contributed by atoms with Gasteiger partial charge in [0.15, 0.2) is 0 Å². The van der Waals surface area contributed by atoms with Crippen LogP contribution in [0.15, 0.2) is 72.8 Å². The lowest BCUT2D eigenvalue weighted by Crippen LogP contribution is -2.18. The Kier molecular flexibility index (Phi) is 8.63. The van der Waals surface area contributed by atoms with Gasteiger partial charge in [-0.05, 0) is 53.4 Å². The Morgan fingerprint density at radius 1 is 0.788 bits per heavy atom. The van der Waals surface area contributed by atoms with Crippen molar-refractivity contribution in [1.29, 1.82) is 0 Å². The number of carboxylic acids is 1. The Bertz CT molecular complexity index is 1020. The molecule has 0 radical (unpaired) electrons. The highest BCUT2D eigenvalue weighted by atomic mass is 16.5. The first-order chi connectivity index (χ1) is 15.5. The van der Waals surface area contributed by atoms with Crippen molar-refractivity contribution < 1.29 is 29.6 Å². The van der Waals surface area contributed by atoms with Gasteiger partial charge in [0.1, 0.15) is 11.5 Å². The van der Waals surface area contributed by atoms with Crippen molar-refractivity contribution >= 4 is 11.9 Å². The summed E-state index contributed by atoms with van der Waals surface area (Å²) in [6, 6.07) is 20.5. The second-order valence-electron chi connectivity index (χ2n) is 8.56. The van der Waals surface area contributed by atoms with Crippen molar-refractivity contribution in [3.8, 4) is 11.5 Å². The average molecular weight is 451 g/mol. The average Bonchev–Trinajstić information content (AvgIpc) is 2.78. The predicted octanol–water partition coefficient (Wildman–Crippen LogP) is 5.62. The van der Waals surface area contributed by atoms with Crippen LogP contribution in [0.4, 0.5) is 0 Å². The summed E-state index contributed by atoms with van der Waals surface area (Å²) in [5.41, 5.74) is 2.16. The lowest BCUT2D eigenvalue weighted by Gasteiger charge is -2.26. The van der Waals surface area contributed by atoms with Crippen molar-refractivity contribution in [3.05, 3.63) is 95.1 Å². The molecule has 0 atom stereocenters. The van der Waals surface area contributed by atoms with E-state index in [9.17, 15) is 19.8 Å². The molecule has 0 aliphatic carbocycles. The first-order valence-electron chi connectivity index (χ1n) is 10.6. The number of carbonyl (C=O) groups is 2. The summed E-state index contributed by atoms with van der Waals surface area (Å²) in [6.45, 7) is 8.34. The molecule has 0 bridgehead atoms. The van der Waals surface area contributed by atoms with Crippen LogP contribution in [0.1, 0.15) is 59.5 Å². The first-order valence-corrected chi connectivity index (χ1v) is 10.6. The summed E-state index contributed by atoms with van der Waals surface area (Å²) in [6.07, 6.45) is 0. The second-order valence-corrected chi connectivity index (χ2v) is 8.56. The van der Waals surface area contributed by atoms with Gasteiger partial charge in [-0.3, -0.25) is 0 Å². The molecule has 6 heteroatoms. The number of esters is 1. The Labute approximate surface area is 194 Å². The molecule has 0 aromatic heterocycles. The van der Waals surface area contributed by atoms with Gasteiger partial charge in [-0.1, -0.05) is 64.1 Å². The number of ether oxygens (including phenoxy) is 1. The van der Waals surface area contributed by atoms with Gasteiger partial charge in [-0.15, -0.1) is 0 Å². The molecule has 3 N–H and O–H groups in total.